The second-order valence-electron chi connectivity index (χ2n) is 6.16. The molecule has 146 valence electrons. The zero-order valence-corrected chi connectivity index (χ0v) is 17.1. The number of carbonyl (C=O) groups excluding carboxylic acids is 1. The van der Waals surface area contributed by atoms with Gasteiger partial charge in [-0.05, 0) is 37.3 Å². The van der Waals surface area contributed by atoms with Crippen LogP contribution in [-0.2, 0) is 17.1 Å². The molecule has 7 nitrogen and oxygen atoms in total. The van der Waals surface area contributed by atoms with Crippen LogP contribution in [0.3, 0.4) is 0 Å². The molecule has 0 aliphatic carbocycles. The number of aromatic nitrogens is 2. The summed E-state index contributed by atoms with van der Waals surface area (Å²) in [5, 5.41) is 7.00. The molecule has 0 spiro atoms. The molecule has 0 saturated heterocycles. The fourth-order valence-corrected chi connectivity index (χ4v) is 4.25. The van der Waals surface area contributed by atoms with Crippen LogP contribution in [0.15, 0.2) is 59.5 Å². The Hall–Kier alpha value is -2.84. The summed E-state index contributed by atoms with van der Waals surface area (Å²) < 4.78 is 28.5. The number of carbonyl (C=O) groups is 1. The monoisotopic (exact) mass is 418 g/mol. The normalized spacial score (nSPS) is 11.3. The van der Waals surface area contributed by atoms with Crippen molar-refractivity contribution in [1.82, 2.24) is 9.78 Å². The van der Waals surface area contributed by atoms with E-state index in [0.29, 0.717) is 17.1 Å². The SMILES string of the molecule is Cc1nn(C)c(Cl)c1C(=O)Nc1cccc(S(=O)(=O)N(C)c2ccccc2)c1. The van der Waals surface area contributed by atoms with E-state index in [0.717, 1.165) is 0 Å². The molecule has 0 atom stereocenters. The van der Waals surface area contributed by atoms with Crippen molar-refractivity contribution in [2.24, 2.45) is 7.05 Å². The molecular weight excluding hydrogens is 400 g/mol. The summed E-state index contributed by atoms with van der Waals surface area (Å²) in [6.07, 6.45) is 0. The average molecular weight is 419 g/mol. The van der Waals surface area contributed by atoms with E-state index in [2.05, 4.69) is 10.4 Å². The van der Waals surface area contributed by atoms with E-state index in [4.69, 9.17) is 11.6 Å². The van der Waals surface area contributed by atoms with E-state index >= 15 is 0 Å². The van der Waals surface area contributed by atoms with Crippen molar-refractivity contribution in [1.29, 1.82) is 0 Å². The third kappa shape index (κ3) is 3.74. The van der Waals surface area contributed by atoms with Gasteiger partial charge < -0.3 is 5.32 Å². The highest BCUT2D eigenvalue weighted by Gasteiger charge is 2.23. The van der Waals surface area contributed by atoms with Gasteiger partial charge in [0.2, 0.25) is 0 Å². The summed E-state index contributed by atoms with van der Waals surface area (Å²) in [5.41, 5.74) is 1.61. The minimum Gasteiger partial charge on any atom is -0.322 e. The molecular formula is C19H19ClN4O3S. The van der Waals surface area contributed by atoms with Crippen LogP contribution in [0.5, 0.6) is 0 Å². The smallest absolute Gasteiger partial charge is 0.264 e. The van der Waals surface area contributed by atoms with Gasteiger partial charge in [0.15, 0.2) is 0 Å². The van der Waals surface area contributed by atoms with E-state index in [-0.39, 0.29) is 15.6 Å². The van der Waals surface area contributed by atoms with Crippen LogP contribution in [0, 0.1) is 6.92 Å². The molecule has 2 aromatic carbocycles. The first-order valence-electron chi connectivity index (χ1n) is 8.36. The molecule has 0 saturated carbocycles. The molecule has 3 rings (SSSR count). The van der Waals surface area contributed by atoms with Crippen LogP contribution >= 0.6 is 11.6 Å². The number of rotatable bonds is 5. The van der Waals surface area contributed by atoms with Crippen LogP contribution < -0.4 is 9.62 Å². The number of hydrogen-bond acceptors (Lipinski definition) is 4. The highest BCUT2D eigenvalue weighted by atomic mass is 35.5. The minimum atomic E-state index is -3.79. The van der Waals surface area contributed by atoms with Crippen molar-refractivity contribution in [2.75, 3.05) is 16.7 Å². The molecule has 0 unspecified atom stereocenters. The van der Waals surface area contributed by atoms with Gasteiger partial charge in [-0.1, -0.05) is 35.9 Å². The molecule has 0 fully saturated rings. The number of halogens is 1. The number of aryl methyl sites for hydroxylation is 2. The Bertz CT molecular complexity index is 1130. The van der Waals surface area contributed by atoms with Crippen molar-refractivity contribution in [3.05, 3.63) is 71.0 Å². The van der Waals surface area contributed by atoms with Crippen LogP contribution in [0.25, 0.3) is 0 Å². The van der Waals surface area contributed by atoms with Gasteiger partial charge in [0.25, 0.3) is 15.9 Å². The van der Waals surface area contributed by atoms with Gasteiger partial charge in [-0.3, -0.25) is 13.8 Å². The number of hydrogen-bond donors (Lipinski definition) is 1. The third-order valence-electron chi connectivity index (χ3n) is 4.25. The lowest BCUT2D eigenvalue weighted by atomic mass is 10.2. The molecule has 0 aliphatic heterocycles. The third-order valence-corrected chi connectivity index (χ3v) is 6.46. The van der Waals surface area contributed by atoms with Gasteiger partial charge in [0.1, 0.15) is 5.15 Å². The largest absolute Gasteiger partial charge is 0.322 e. The highest BCUT2D eigenvalue weighted by molar-refractivity contribution is 7.92. The quantitative estimate of drug-likeness (QED) is 0.687. The first-order valence-corrected chi connectivity index (χ1v) is 10.2. The molecule has 1 aromatic heterocycles. The number of para-hydroxylation sites is 1. The van der Waals surface area contributed by atoms with Gasteiger partial charge in [0.05, 0.1) is 21.8 Å². The summed E-state index contributed by atoms with van der Waals surface area (Å²) >= 11 is 6.13. The molecule has 9 heteroatoms. The maximum Gasteiger partial charge on any atom is 0.264 e. The van der Waals surface area contributed by atoms with Gasteiger partial charge in [0, 0.05) is 19.8 Å². The first-order chi connectivity index (χ1) is 13.2. The minimum absolute atomic E-state index is 0.0608. The second kappa shape index (κ2) is 7.65. The number of sulfonamides is 1. The van der Waals surface area contributed by atoms with E-state index in [1.807, 2.05) is 6.07 Å². The maximum absolute atomic E-state index is 12.9. The number of nitrogens with zero attached hydrogens (tertiary/aromatic N) is 3. The van der Waals surface area contributed by atoms with Crippen molar-refractivity contribution in [3.8, 4) is 0 Å². The molecule has 3 aromatic rings. The van der Waals surface area contributed by atoms with Gasteiger partial charge in [-0.2, -0.15) is 5.10 Å². The Balaban J connectivity index is 1.89. The molecule has 28 heavy (non-hydrogen) atoms. The number of nitrogens with one attached hydrogen (secondary N) is 1. The van der Waals surface area contributed by atoms with Crippen LogP contribution in [0.4, 0.5) is 11.4 Å². The summed E-state index contributed by atoms with van der Waals surface area (Å²) in [6.45, 7) is 1.68. The Kier molecular flexibility index (Phi) is 5.44. The lowest BCUT2D eigenvalue weighted by Gasteiger charge is -2.19. The van der Waals surface area contributed by atoms with E-state index in [9.17, 15) is 13.2 Å². The molecule has 0 aliphatic rings. The summed E-state index contributed by atoms with van der Waals surface area (Å²) in [4.78, 5) is 12.6. The number of amides is 1. The first kappa shape index (κ1) is 19.9. The standard InChI is InChI=1S/C19H19ClN4O3S/c1-13-17(18(20)23(2)22-13)19(25)21-14-8-7-11-16(12-14)28(26,27)24(3)15-9-5-4-6-10-15/h4-12H,1-3H3,(H,21,25). The van der Waals surface area contributed by atoms with Gasteiger partial charge in [-0.15, -0.1) is 0 Å². The van der Waals surface area contributed by atoms with Crippen LogP contribution in [-0.4, -0.2) is 31.2 Å². The van der Waals surface area contributed by atoms with Gasteiger partial charge >= 0.3 is 0 Å². The lowest BCUT2D eigenvalue weighted by Crippen LogP contribution is -2.26. The van der Waals surface area contributed by atoms with E-state index in [1.165, 1.54) is 28.2 Å². The fraction of sp³-hybridized carbons (Fsp3) is 0.158. The maximum atomic E-state index is 12.9. The Morgan fingerprint density at radius 1 is 1.14 bits per heavy atom. The van der Waals surface area contributed by atoms with Crippen LogP contribution in [0.1, 0.15) is 16.1 Å². The Labute approximate surface area is 168 Å². The fourth-order valence-electron chi connectivity index (χ4n) is 2.75. The lowest BCUT2D eigenvalue weighted by molar-refractivity contribution is 0.102. The number of benzene rings is 2. The van der Waals surface area contributed by atoms with Crippen molar-refractivity contribution in [3.63, 3.8) is 0 Å². The molecule has 1 heterocycles. The summed E-state index contributed by atoms with van der Waals surface area (Å²) in [6, 6.07) is 14.8. The van der Waals surface area contributed by atoms with E-state index < -0.39 is 15.9 Å². The summed E-state index contributed by atoms with van der Waals surface area (Å²) in [5.74, 6) is -0.457. The molecule has 0 radical (unpaired) electrons. The molecule has 0 bridgehead atoms. The predicted octanol–water partition coefficient (Wildman–Crippen LogP) is 3.46. The second-order valence-corrected chi connectivity index (χ2v) is 8.49. The van der Waals surface area contributed by atoms with Crippen molar-refractivity contribution >= 4 is 38.9 Å². The van der Waals surface area contributed by atoms with Crippen molar-refractivity contribution in [2.45, 2.75) is 11.8 Å². The number of anilines is 2. The van der Waals surface area contributed by atoms with E-state index in [1.54, 1.807) is 50.4 Å². The predicted molar refractivity (Wildman–Crippen MR) is 109 cm³/mol. The summed E-state index contributed by atoms with van der Waals surface area (Å²) in [7, 11) is -0.669. The topological polar surface area (TPSA) is 84.3 Å². The van der Waals surface area contributed by atoms with Gasteiger partial charge in [-0.25, -0.2) is 8.42 Å². The van der Waals surface area contributed by atoms with Crippen molar-refractivity contribution < 1.29 is 13.2 Å². The molecule has 1 N–H and O–H groups in total. The zero-order valence-electron chi connectivity index (χ0n) is 15.5. The molecule has 1 amide bonds. The highest BCUT2D eigenvalue weighted by Crippen LogP contribution is 2.25. The average Bonchev–Trinajstić information content (AvgIpc) is 2.93. The van der Waals surface area contributed by atoms with Crippen LogP contribution in [0.2, 0.25) is 5.15 Å². The Morgan fingerprint density at radius 2 is 1.82 bits per heavy atom. The zero-order chi connectivity index (χ0) is 20.5. The Morgan fingerprint density at radius 3 is 2.43 bits per heavy atom.